The van der Waals surface area contributed by atoms with E-state index in [1.54, 1.807) is 18.2 Å². The van der Waals surface area contributed by atoms with Crippen molar-refractivity contribution < 1.29 is 14.0 Å². The average molecular weight is 493 g/mol. The summed E-state index contributed by atoms with van der Waals surface area (Å²) in [6, 6.07) is 23.1. The van der Waals surface area contributed by atoms with Crippen LogP contribution in [0.25, 0.3) is 0 Å². The van der Waals surface area contributed by atoms with Crippen molar-refractivity contribution in [2.45, 2.75) is 57.1 Å². The molecule has 6 heteroatoms. The predicted molar refractivity (Wildman–Crippen MR) is 141 cm³/mol. The minimum absolute atomic E-state index is 0.00896. The summed E-state index contributed by atoms with van der Waals surface area (Å²) in [5, 5.41) is 3.02. The van der Waals surface area contributed by atoms with Gasteiger partial charge in [0, 0.05) is 29.0 Å². The Balaban J connectivity index is 1.93. The molecule has 0 saturated carbocycles. The van der Waals surface area contributed by atoms with E-state index >= 15 is 0 Å². The highest BCUT2D eigenvalue weighted by Gasteiger charge is 2.32. The van der Waals surface area contributed by atoms with E-state index in [1.165, 1.54) is 22.7 Å². The van der Waals surface area contributed by atoms with Crippen LogP contribution in [-0.4, -0.2) is 34.0 Å². The number of hydrogen-bond donors (Lipinski definition) is 1. The molecule has 0 heterocycles. The van der Waals surface area contributed by atoms with Crippen LogP contribution in [0.3, 0.4) is 0 Å². The molecular formula is C29H33FN2O2S. The number of halogens is 1. The van der Waals surface area contributed by atoms with Crippen molar-refractivity contribution in [2.75, 3.05) is 5.75 Å². The summed E-state index contributed by atoms with van der Waals surface area (Å²) in [5.74, 6) is -0.729. The fourth-order valence-corrected chi connectivity index (χ4v) is 4.46. The van der Waals surface area contributed by atoms with E-state index in [0.717, 1.165) is 16.0 Å². The van der Waals surface area contributed by atoms with Crippen molar-refractivity contribution in [2.24, 2.45) is 0 Å². The second-order valence-corrected chi connectivity index (χ2v) is 10.7. The lowest BCUT2D eigenvalue weighted by Gasteiger charge is -2.34. The van der Waals surface area contributed by atoms with E-state index in [-0.39, 0.29) is 24.1 Å². The van der Waals surface area contributed by atoms with Crippen molar-refractivity contribution in [1.82, 2.24) is 10.2 Å². The lowest BCUT2D eigenvalue weighted by Crippen LogP contribution is -2.54. The van der Waals surface area contributed by atoms with Gasteiger partial charge in [0.25, 0.3) is 0 Å². The minimum atomic E-state index is -0.789. The fourth-order valence-electron chi connectivity index (χ4n) is 3.68. The van der Waals surface area contributed by atoms with Gasteiger partial charge in [-0.05, 0) is 51.5 Å². The molecule has 1 atom stereocenters. The number of carbonyl (C=O) groups is 2. The van der Waals surface area contributed by atoms with Gasteiger partial charge in [-0.2, -0.15) is 0 Å². The summed E-state index contributed by atoms with van der Waals surface area (Å²) >= 11 is 1.41. The number of thioether (sulfide) groups is 1. The number of hydrogen-bond acceptors (Lipinski definition) is 3. The second-order valence-electron chi connectivity index (χ2n) is 9.66. The van der Waals surface area contributed by atoms with E-state index < -0.39 is 17.4 Å². The number of carbonyl (C=O) groups excluding carboxylic acids is 2. The SMILES string of the molecule is Cc1ccc(SCC(=O)N(Cc2ccccc2F)C(Cc2ccccc2)C(=O)NC(C)(C)C)cc1. The van der Waals surface area contributed by atoms with Gasteiger partial charge in [0.05, 0.1) is 5.75 Å². The Bertz CT molecular complexity index is 1130. The molecule has 0 aliphatic rings. The van der Waals surface area contributed by atoms with Gasteiger partial charge in [-0.25, -0.2) is 4.39 Å². The van der Waals surface area contributed by atoms with Gasteiger partial charge >= 0.3 is 0 Å². The van der Waals surface area contributed by atoms with Crippen LogP contribution in [-0.2, 0) is 22.6 Å². The number of rotatable bonds is 9. The first kappa shape index (κ1) is 26.5. The molecule has 3 rings (SSSR count). The first-order chi connectivity index (χ1) is 16.6. The van der Waals surface area contributed by atoms with Crippen LogP contribution in [0.5, 0.6) is 0 Å². The van der Waals surface area contributed by atoms with Crippen LogP contribution < -0.4 is 5.32 Å². The Labute approximate surface area is 211 Å². The van der Waals surface area contributed by atoms with Crippen molar-refractivity contribution in [3.05, 3.63) is 101 Å². The molecule has 3 aromatic carbocycles. The van der Waals surface area contributed by atoms with Crippen molar-refractivity contribution >= 4 is 23.6 Å². The number of nitrogens with one attached hydrogen (secondary N) is 1. The Morgan fingerprint density at radius 1 is 0.943 bits per heavy atom. The zero-order chi connectivity index (χ0) is 25.4. The highest BCUT2D eigenvalue weighted by Crippen LogP contribution is 2.22. The Hall–Kier alpha value is -3.12. The maximum absolute atomic E-state index is 14.6. The monoisotopic (exact) mass is 492 g/mol. The molecule has 1 unspecified atom stereocenters. The van der Waals surface area contributed by atoms with Crippen LogP contribution >= 0.6 is 11.8 Å². The Morgan fingerprint density at radius 3 is 2.20 bits per heavy atom. The first-order valence-corrected chi connectivity index (χ1v) is 12.7. The summed E-state index contributed by atoms with van der Waals surface area (Å²) in [6.07, 6.45) is 0.331. The molecule has 3 aromatic rings. The van der Waals surface area contributed by atoms with Gasteiger partial charge in [-0.15, -0.1) is 11.8 Å². The van der Waals surface area contributed by atoms with Crippen LogP contribution in [0, 0.1) is 12.7 Å². The number of aryl methyl sites for hydroxylation is 1. The molecule has 35 heavy (non-hydrogen) atoms. The van der Waals surface area contributed by atoms with Gasteiger partial charge < -0.3 is 10.2 Å². The Morgan fingerprint density at radius 2 is 1.57 bits per heavy atom. The molecule has 0 spiro atoms. The van der Waals surface area contributed by atoms with Gasteiger partial charge in [0.15, 0.2) is 0 Å². The second kappa shape index (κ2) is 12.0. The molecular weight excluding hydrogens is 459 g/mol. The summed E-state index contributed by atoms with van der Waals surface area (Å²) < 4.78 is 14.6. The van der Waals surface area contributed by atoms with Crippen molar-refractivity contribution in [3.63, 3.8) is 0 Å². The molecule has 1 N–H and O–H groups in total. The fraction of sp³-hybridized carbons (Fsp3) is 0.310. The molecule has 4 nitrogen and oxygen atoms in total. The summed E-state index contributed by atoms with van der Waals surface area (Å²) in [7, 11) is 0. The molecule has 0 bridgehead atoms. The van der Waals surface area contributed by atoms with Crippen LogP contribution in [0.1, 0.15) is 37.5 Å². The molecule has 0 aliphatic heterocycles. The van der Waals surface area contributed by atoms with Gasteiger partial charge in [-0.1, -0.05) is 66.2 Å². The summed E-state index contributed by atoms with van der Waals surface area (Å²) in [5.41, 5.74) is 1.97. The molecule has 0 aromatic heterocycles. The topological polar surface area (TPSA) is 49.4 Å². The van der Waals surface area contributed by atoms with Gasteiger partial charge in [0.2, 0.25) is 11.8 Å². The minimum Gasteiger partial charge on any atom is -0.350 e. The van der Waals surface area contributed by atoms with E-state index in [2.05, 4.69) is 5.32 Å². The van der Waals surface area contributed by atoms with Gasteiger partial charge in [-0.3, -0.25) is 9.59 Å². The lowest BCUT2D eigenvalue weighted by atomic mass is 10.0. The standard InChI is InChI=1S/C29H33FN2O2S/c1-21-14-16-24(17-15-21)35-20-27(33)32(19-23-12-8-9-13-25(23)30)26(28(34)31-29(2,3)4)18-22-10-6-5-7-11-22/h5-17,26H,18-20H2,1-4H3,(H,31,34). The normalized spacial score (nSPS) is 12.1. The summed E-state index contributed by atoms with van der Waals surface area (Å²) in [4.78, 5) is 29.6. The average Bonchev–Trinajstić information content (AvgIpc) is 2.81. The highest BCUT2D eigenvalue weighted by atomic mass is 32.2. The summed E-state index contributed by atoms with van der Waals surface area (Å²) in [6.45, 7) is 7.73. The van der Waals surface area contributed by atoms with E-state index in [1.807, 2.05) is 82.3 Å². The number of benzene rings is 3. The zero-order valence-corrected chi connectivity index (χ0v) is 21.6. The van der Waals surface area contributed by atoms with E-state index in [0.29, 0.717) is 12.0 Å². The third-order valence-electron chi connectivity index (χ3n) is 5.45. The quantitative estimate of drug-likeness (QED) is 0.385. The number of nitrogens with zero attached hydrogens (tertiary/aromatic N) is 1. The molecule has 0 aliphatic carbocycles. The molecule has 0 radical (unpaired) electrons. The largest absolute Gasteiger partial charge is 0.350 e. The maximum Gasteiger partial charge on any atom is 0.243 e. The van der Waals surface area contributed by atoms with Crippen LogP contribution in [0.15, 0.2) is 83.8 Å². The van der Waals surface area contributed by atoms with Crippen molar-refractivity contribution in [3.8, 4) is 0 Å². The lowest BCUT2D eigenvalue weighted by molar-refractivity contribution is -0.140. The van der Waals surface area contributed by atoms with Gasteiger partial charge in [0.1, 0.15) is 11.9 Å². The third kappa shape index (κ3) is 8.25. The van der Waals surface area contributed by atoms with E-state index in [4.69, 9.17) is 0 Å². The van der Waals surface area contributed by atoms with Crippen LogP contribution in [0.2, 0.25) is 0 Å². The zero-order valence-electron chi connectivity index (χ0n) is 20.8. The Kier molecular flexibility index (Phi) is 9.10. The molecule has 2 amide bonds. The highest BCUT2D eigenvalue weighted by molar-refractivity contribution is 8.00. The van der Waals surface area contributed by atoms with Crippen LogP contribution in [0.4, 0.5) is 4.39 Å². The maximum atomic E-state index is 14.6. The predicted octanol–water partition coefficient (Wildman–Crippen LogP) is 5.78. The first-order valence-electron chi connectivity index (χ1n) is 11.7. The van der Waals surface area contributed by atoms with E-state index in [9.17, 15) is 14.0 Å². The third-order valence-corrected chi connectivity index (χ3v) is 6.45. The molecule has 0 saturated heterocycles. The van der Waals surface area contributed by atoms with Crippen molar-refractivity contribution in [1.29, 1.82) is 0 Å². The molecule has 0 fully saturated rings. The molecule has 184 valence electrons. The number of amides is 2. The smallest absolute Gasteiger partial charge is 0.243 e.